The van der Waals surface area contributed by atoms with Crippen LogP contribution in [0.25, 0.3) is 0 Å². The van der Waals surface area contributed by atoms with E-state index in [2.05, 4.69) is 28.6 Å². The van der Waals surface area contributed by atoms with E-state index in [1.54, 1.807) is 7.05 Å². The van der Waals surface area contributed by atoms with Gasteiger partial charge >= 0.3 is 0 Å². The van der Waals surface area contributed by atoms with E-state index in [0.29, 0.717) is 24.8 Å². The number of hydrogen-bond acceptors (Lipinski definition) is 5. The van der Waals surface area contributed by atoms with E-state index < -0.39 is 29.4 Å². The van der Waals surface area contributed by atoms with Gasteiger partial charge in [-0.1, -0.05) is 19.8 Å². The monoisotopic (exact) mass is 474 g/mol. The fourth-order valence-electron chi connectivity index (χ4n) is 4.45. The summed E-state index contributed by atoms with van der Waals surface area (Å²) in [6, 6.07) is 2.99. The van der Waals surface area contributed by atoms with Crippen molar-refractivity contribution in [1.29, 1.82) is 0 Å². The first kappa shape index (κ1) is 24.2. The van der Waals surface area contributed by atoms with Crippen molar-refractivity contribution in [3.05, 3.63) is 41.2 Å². The van der Waals surface area contributed by atoms with Gasteiger partial charge in [0.1, 0.15) is 17.4 Å². The highest BCUT2D eigenvalue weighted by Crippen LogP contribution is 2.35. The molecule has 9 heteroatoms. The molecule has 0 aromatic heterocycles. The third-order valence-electron chi connectivity index (χ3n) is 6.58. The molecule has 1 unspecified atom stereocenters. The number of halogens is 2. The summed E-state index contributed by atoms with van der Waals surface area (Å²) in [5.41, 5.74) is 0.134. The number of piperidine rings is 1. The molecule has 1 atom stereocenters. The van der Waals surface area contributed by atoms with E-state index in [1.165, 1.54) is 25.0 Å². The van der Waals surface area contributed by atoms with Crippen molar-refractivity contribution in [1.82, 2.24) is 10.6 Å². The summed E-state index contributed by atoms with van der Waals surface area (Å²) in [5, 5.41) is 5.42. The molecule has 3 aliphatic rings. The lowest BCUT2D eigenvalue weighted by Gasteiger charge is -2.41. The first-order valence-electron chi connectivity index (χ1n) is 12.1. The Balaban J connectivity index is 1.33. The number of benzene rings is 1. The average molecular weight is 475 g/mol. The summed E-state index contributed by atoms with van der Waals surface area (Å²) in [5.74, 6) is -1.88. The van der Waals surface area contributed by atoms with Gasteiger partial charge < -0.3 is 15.0 Å². The predicted molar refractivity (Wildman–Crippen MR) is 125 cm³/mol. The summed E-state index contributed by atoms with van der Waals surface area (Å²) in [6.07, 6.45) is 7.77. The van der Waals surface area contributed by atoms with Crippen LogP contribution < -0.4 is 15.5 Å². The van der Waals surface area contributed by atoms with Crippen LogP contribution in [0.5, 0.6) is 0 Å². The number of aliphatic imine (C=N–C) groups is 1. The van der Waals surface area contributed by atoms with Gasteiger partial charge in [-0.25, -0.2) is 13.8 Å². The maximum Gasteiger partial charge on any atom is 0.289 e. The number of ether oxygens (including phenoxy) is 1. The van der Waals surface area contributed by atoms with Crippen LogP contribution in [-0.4, -0.2) is 44.0 Å². The van der Waals surface area contributed by atoms with E-state index in [4.69, 9.17) is 4.74 Å². The molecule has 1 aliphatic carbocycles. The molecular weight excluding hydrogens is 442 g/mol. The Hall–Kier alpha value is -2.97. The molecule has 1 aromatic rings. The molecule has 3 fully saturated rings. The smallest absolute Gasteiger partial charge is 0.289 e. The number of allylic oxidation sites excluding steroid dienone is 2. The fourth-order valence-corrected chi connectivity index (χ4v) is 4.45. The van der Waals surface area contributed by atoms with Gasteiger partial charge in [0.25, 0.3) is 6.02 Å². The topological polar surface area (TPSA) is 83.0 Å². The zero-order valence-electron chi connectivity index (χ0n) is 19.7. The van der Waals surface area contributed by atoms with E-state index in [0.717, 1.165) is 30.9 Å². The van der Waals surface area contributed by atoms with Crippen LogP contribution in [0.2, 0.25) is 0 Å². The van der Waals surface area contributed by atoms with E-state index in [-0.39, 0.29) is 24.4 Å². The highest BCUT2D eigenvalue weighted by Gasteiger charge is 2.34. The zero-order valence-corrected chi connectivity index (χ0v) is 19.7. The molecule has 0 bridgehead atoms. The predicted octanol–water partition coefficient (Wildman–Crippen LogP) is 3.75. The molecule has 4 rings (SSSR count). The summed E-state index contributed by atoms with van der Waals surface area (Å²) in [6.45, 7) is 3.14. The van der Waals surface area contributed by atoms with Crippen LogP contribution in [-0.2, 0) is 14.3 Å². The number of hydrogen-bond donors (Lipinski definition) is 2. The highest BCUT2D eigenvalue weighted by atomic mass is 19.1. The van der Waals surface area contributed by atoms with E-state index in [9.17, 15) is 18.4 Å². The minimum absolute atomic E-state index is 0.0333. The number of rotatable bonds is 8. The summed E-state index contributed by atoms with van der Waals surface area (Å²) in [7, 11) is 1.67. The molecule has 1 aromatic carbocycles. The molecule has 34 heavy (non-hydrogen) atoms. The summed E-state index contributed by atoms with van der Waals surface area (Å²) < 4.78 is 35.6. The standard InChI is InChI=1S/C25H32F2N4O3/c1-3-4-18(8-7-15-5-6-15)34-25(28-2)29-16-13-31(14-16)17-11-20(26)23(21(27)12-17)19-9-10-22(32)30-24(19)33/h4,11-12,15-16,19H,3,5-10,13-14H2,1-2H3,(H,28,29)(H,30,32,33)/b18-4+. The van der Waals surface area contributed by atoms with Crippen molar-refractivity contribution in [2.24, 2.45) is 10.9 Å². The molecule has 2 heterocycles. The van der Waals surface area contributed by atoms with Gasteiger partial charge in [-0.3, -0.25) is 14.9 Å². The molecule has 2 N–H and O–H groups in total. The maximum atomic E-state index is 14.8. The molecule has 184 valence electrons. The van der Waals surface area contributed by atoms with Gasteiger partial charge in [0.15, 0.2) is 0 Å². The number of imide groups is 1. The molecule has 1 saturated carbocycles. The number of amides is 2. The first-order valence-corrected chi connectivity index (χ1v) is 12.1. The van der Waals surface area contributed by atoms with Crippen LogP contribution in [0.15, 0.2) is 29.0 Å². The first-order chi connectivity index (χ1) is 16.4. The number of amidine groups is 1. The SMILES string of the molecule is CC/C=C(\CCC1CC1)OC(=NC)NC1CN(c2cc(F)c(C3CCC(=O)NC3=O)c(F)c2)C1. The largest absolute Gasteiger partial charge is 0.431 e. The van der Waals surface area contributed by atoms with Crippen molar-refractivity contribution in [3.8, 4) is 0 Å². The van der Waals surface area contributed by atoms with Gasteiger partial charge in [0.2, 0.25) is 11.8 Å². The Morgan fingerprint density at radius 1 is 1.24 bits per heavy atom. The number of anilines is 1. The molecule has 2 aliphatic heterocycles. The van der Waals surface area contributed by atoms with E-state index in [1.807, 2.05) is 4.90 Å². The third-order valence-corrected chi connectivity index (χ3v) is 6.58. The van der Waals surface area contributed by atoms with Crippen LogP contribution in [0.1, 0.15) is 63.4 Å². The maximum absolute atomic E-state index is 14.8. The van der Waals surface area contributed by atoms with Crippen molar-refractivity contribution >= 4 is 23.5 Å². The molecule has 0 radical (unpaired) electrons. The third kappa shape index (κ3) is 5.74. The van der Waals surface area contributed by atoms with Crippen molar-refractivity contribution in [2.75, 3.05) is 25.0 Å². The minimum atomic E-state index is -0.997. The summed E-state index contributed by atoms with van der Waals surface area (Å²) in [4.78, 5) is 29.5. The zero-order chi connectivity index (χ0) is 24.2. The second-order valence-electron chi connectivity index (χ2n) is 9.26. The molecular formula is C25H32F2N4O3. The second kappa shape index (κ2) is 10.5. The van der Waals surface area contributed by atoms with Gasteiger partial charge in [0.05, 0.1) is 12.0 Å². The van der Waals surface area contributed by atoms with Crippen molar-refractivity contribution in [3.63, 3.8) is 0 Å². The summed E-state index contributed by atoms with van der Waals surface area (Å²) >= 11 is 0. The molecule has 2 saturated heterocycles. The molecule has 7 nitrogen and oxygen atoms in total. The normalized spacial score (nSPS) is 21.9. The van der Waals surface area contributed by atoms with E-state index >= 15 is 0 Å². The second-order valence-corrected chi connectivity index (χ2v) is 9.26. The van der Waals surface area contributed by atoms with Gasteiger partial charge in [-0.2, -0.15) is 0 Å². The Bertz CT molecular complexity index is 977. The Labute approximate surface area is 198 Å². The van der Waals surface area contributed by atoms with Gasteiger partial charge in [-0.15, -0.1) is 0 Å². The van der Waals surface area contributed by atoms with Crippen LogP contribution >= 0.6 is 0 Å². The average Bonchev–Trinajstić information content (AvgIpc) is 3.58. The quantitative estimate of drug-likeness (QED) is 0.260. The Kier molecular flexibility index (Phi) is 7.48. The lowest BCUT2D eigenvalue weighted by Crippen LogP contribution is -2.59. The van der Waals surface area contributed by atoms with Gasteiger partial charge in [-0.05, 0) is 43.4 Å². The fraction of sp³-hybridized carbons (Fsp3) is 0.560. The number of nitrogens with zero attached hydrogens (tertiary/aromatic N) is 2. The van der Waals surface area contributed by atoms with Crippen LogP contribution in [0.3, 0.4) is 0 Å². The lowest BCUT2D eigenvalue weighted by atomic mass is 9.89. The van der Waals surface area contributed by atoms with Crippen LogP contribution in [0, 0.1) is 17.6 Å². The van der Waals surface area contributed by atoms with Gasteiger partial charge in [0, 0.05) is 44.2 Å². The Morgan fingerprint density at radius 3 is 2.53 bits per heavy atom. The Morgan fingerprint density at radius 2 is 1.94 bits per heavy atom. The van der Waals surface area contributed by atoms with Crippen molar-refractivity contribution in [2.45, 2.75) is 63.8 Å². The number of nitrogens with one attached hydrogen (secondary N) is 2. The number of carbonyl (C=O) groups excluding carboxylic acids is 2. The molecule has 2 amide bonds. The van der Waals surface area contributed by atoms with Crippen molar-refractivity contribution < 1.29 is 23.1 Å². The molecule has 0 spiro atoms. The highest BCUT2D eigenvalue weighted by molar-refractivity contribution is 6.01. The van der Waals surface area contributed by atoms with Crippen LogP contribution in [0.4, 0.5) is 14.5 Å². The lowest BCUT2D eigenvalue weighted by molar-refractivity contribution is -0.134. The minimum Gasteiger partial charge on any atom is -0.431 e. The number of carbonyl (C=O) groups is 2.